The highest BCUT2D eigenvalue weighted by molar-refractivity contribution is 6.17. The summed E-state index contributed by atoms with van der Waals surface area (Å²) in [5.74, 6) is -2.11. The predicted octanol–water partition coefficient (Wildman–Crippen LogP) is 4.68. The Morgan fingerprint density at radius 3 is 2.68 bits per heavy atom. The standard InChI is InChI=1S/C23H15F2N5O/c24-18-6-2-5-17(23(18)25)14-7-8-19-21(12-14)28-22(31)13-20(27-19)15-3-1-4-16(11-15)30-10-9-26-29-30/h1-12H,13H2,(H,28,31). The number of amides is 1. The average molecular weight is 415 g/mol. The van der Waals surface area contributed by atoms with Gasteiger partial charge in [-0.1, -0.05) is 35.5 Å². The van der Waals surface area contributed by atoms with Crippen molar-refractivity contribution in [3.05, 3.63) is 90.3 Å². The summed E-state index contributed by atoms with van der Waals surface area (Å²) in [7, 11) is 0. The third kappa shape index (κ3) is 3.59. The molecule has 5 rings (SSSR count). The summed E-state index contributed by atoms with van der Waals surface area (Å²) in [6.07, 6.45) is 3.38. The Morgan fingerprint density at radius 2 is 1.84 bits per heavy atom. The molecule has 1 amide bonds. The van der Waals surface area contributed by atoms with Crippen molar-refractivity contribution in [3.63, 3.8) is 0 Å². The quantitative estimate of drug-likeness (QED) is 0.528. The molecule has 0 aliphatic carbocycles. The van der Waals surface area contributed by atoms with Crippen LogP contribution in [0, 0.1) is 11.6 Å². The summed E-state index contributed by atoms with van der Waals surface area (Å²) in [5.41, 5.74) is 3.69. The number of aliphatic imine (C=N–C) groups is 1. The minimum absolute atomic E-state index is 0.0686. The van der Waals surface area contributed by atoms with Gasteiger partial charge >= 0.3 is 0 Å². The largest absolute Gasteiger partial charge is 0.324 e. The fraction of sp³-hybridized carbons (Fsp3) is 0.0435. The van der Waals surface area contributed by atoms with E-state index in [-0.39, 0.29) is 17.9 Å². The number of carbonyl (C=O) groups excluding carboxylic acids is 1. The first-order chi connectivity index (χ1) is 15.1. The van der Waals surface area contributed by atoms with Crippen LogP contribution in [-0.4, -0.2) is 26.6 Å². The van der Waals surface area contributed by atoms with E-state index in [1.807, 2.05) is 24.3 Å². The number of halogens is 2. The van der Waals surface area contributed by atoms with Crippen LogP contribution in [0.4, 0.5) is 20.2 Å². The predicted molar refractivity (Wildman–Crippen MR) is 113 cm³/mol. The van der Waals surface area contributed by atoms with Crippen molar-refractivity contribution in [1.82, 2.24) is 15.0 Å². The van der Waals surface area contributed by atoms with Gasteiger partial charge < -0.3 is 5.32 Å². The number of hydrogen-bond donors (Lipinski definition) is 1. The first kappa shape index (κ1) is 18.8. The molecule has 8 heteroatoms. The topological polar surface area (TPSA) is 72.2 Å². The zero-order chi connectivity index (χ0) is 21.4. The molecule has 4 aromatic rings. The molecule has 31 heavy (non-hydrogen) atoms. The maximum absolute atomic E-state index is 14.2. The van der Waals surface area contributed by atoms with Gasteiger partial charge in [0, 0.05) is 5.56 Å². The third-order valence-electron chi connectivity index (χ3n) is 4.98. The van der Waals surface area contributed by atoms with Crippen LogP contribution in [0.3, 0.4) is 0 Å². The minimum atomic E-state index is -0.934. The second kappa shape index (κ2) is 7.56. The Kier molecular flexibility index (Phi) is 4.59. The summed E-state index contributed by atoms with van der Waals surface area (Å²) in [6, 6.07) is 16.4. The van der Waals surface area contributed by atoms with Crippen LogP contribution >= 0.6 is 0 Å². The fourth-order valence-electron chi connectivity index (χ4n) is 3.50. The van der Waals surface area contributed by atoms with E-state index in [0.717, 1.165) is 17.3 Å². The van der Waals surface area contributed by atoms with Gasteiger partial charge in [0.2, 0.25) is 5.91 Å². The van der Waals surface area contributed by atoms with Crippen LogP contribution in [0.5, 0.6) is 0 Å². The summed E-state index contributed by atoms with van der Waals surface area (Å²) in [4.78, 5) is 17.2. The molecular weight excluding hydrogens is 400 g/mol. The van der Waals surface area contributed by atoms with Gasteiger partial charge in [0.15, 0.2) is 11.6 Å². The molecule has 3 aromatic carbocycles. The molecule has 0 atom stereocenters. The fourth-order valence-corrected chi connectivity index (χ4v) is 3.50. The summed E-state index contributed by atoms with van der Waals surface area (Å²) < 4.78 is 29.5. The Morgan fingerprint density at radius 1 is 0.968 bits per heavy atom. The molecule has 152 valence electrons. The van der Waals surface area contributed by atoms with E-state index in [1.54, 1.807) is 35.3 Å². The highest BCUT2D eigenvalue weighted by Gasteiger charge is 2.19. The number of aromatic nitrogens is 3. The lowest BCUT2D eigenvalue weighted by Crippen LogP contribution is -2.15. The monoisotopic (exact) mass is 415 g/mol. The number of nitrogens with one attached hydrogen (secondary N) is 1. The second-order valence-electron chi connectivity index (χ2n) is 7.01. The van der Waals surface area contributed by atoms with Gasteiger partial charge in [0.05, 0.1) is 41.6 Å². The molecule has 0 bridgehead atoms. The van der Waals surface area contributed by atoms with Crippen LogP contribution in [0.1, 0.15) is 12.0 Å². The van der Waals surface area contributed by atoms with Crippen LogP contribution in [-0.2, 0) is 4.79 Å². The number of rotatable bonds is 3. The lowest BCUT2D eigenvalue weighted by atomic mass is 10.0. The van der Waals surface area contributed by atoms with Crippen LogP contribution in [0.15, 0.2) is 78.0 Å². The van der Waals surface area contributed by atoms with Gasteiger partial charge in [-0.05, 0) is 41.5 Å². The van der Waals surface area contributed by atoms with Crippen LogP contribution < -0.4 is 5.32 Å². The molecule has 0 saturated heterocycles. The van der Waals surface area contributed by atoms with Crippen molar-refractivity contribution in [1.29, 1.82) is 0 Å². The number of nitrogens with zero attached hydrogens (tertiary/aromatic N) is 4. The second-order valence-corrected chi connectivity index (χ2v) is 7.01. The van der Waals surface area contributed by atoms with Gasteiger partial charge in [0.1, 0.15) is 0 Å². The van der Waals surface area contributed by atoms with Crippen molar-refractivity contribution in [2.24, 2.45) is 4.99 Å². The zero-order valence-electron chi connectivity index (χ0n) is 16.1. The average Bonchev–Trinajstić information content (AvgIpc) is 3.26. The molecule has 6 nitrogen and oxygen atoms in total. The molecule has 1 aliphatic rings. The first-order valence-electron chi connectivity index (χ1n) is 9.51. The van der Waals surface area contributed by atoms with Gasteiger partial charge in [0.25, 0.3) is 0 Å². The van der Waals surface area contributed by atoms with E-state index in [2.05, 4.69) is 20.6 Å². The molecule has 2 heterocycles. The number of fused-ring (bicyclic) bond motifs is 1. The highest BCUT2D eigenvalue weighted by atomic mass is 19.2. The van der Waals surface area contributed by atoms with E-state index in [0.29, 0.717) is 22.6 Å². The Labute approximate surface area is 175 Å². The summed E-state index contributed by atoms with van der Waals surface area (Å²) in [6.45, 7) is 0. The lowest BCUT2D eigenvalue weighted by Gasteiger charge is -2.09. The van der Waals surface area contributed by atoms with E-state index >= 15 is 0 Å². The highest BCUT2D eigenvalue weighted by Crippen LogP contribution is 2.35. The summed E-state index contributed by atoms with van der Waals surface area (Å²) in [5, 5.41) is 10.6. The van der Waals surface area contributed by atoms with Gasteiger partial charge in [-0.15, -0.1) is 5.10 Å². The maximum Gasteiger partial charge on any atom is 0.230 e. The third-order valence-corrected chi connectivity index (χ3v) is 4.98. The van der Waals surface area contributed by atoms with Crippen molar-refractivity contribution in [2.45, 2.75) is 6.42 Å². The van der Waals surface area contributed by atoms with E-state index in [9.17, 15) is 13.6 Å². The van der Waals surface area contributed by atoms with Crippen LogP contribution in [0.2, 0.25) is 0 Å². The van der Waals surface area contributed by atoms with Crippen molar-refractivity contribution in [2.75, 3.05) is 5.32 Å². The minimum Gasteiger partial charge on any atom is -0.324 e. The Hall–Kier alpha value is -4.20. The van der Waals surface area contributed by atoms with Crippen molar-refractivity contribution in [3.8, 4) is 16.8 Å². The molecule has 1 N–H and O–H groups in total. The molecule has 1 aromatic heterocycles. The Bertz CT molecular complexity index is 1330. The molecule has 0 spiro atoms. The zero-order valence-corrected chi connectivity index (χ0v) is 16.1. The summed E-state index contributed by atoms with van der Waals surface area (Å²) >= 11 is 0. The molecule has 0 fully saturated rings. The van der Waals surface area contributed by atoms with E-state index < -0.39 is 11.6 Å². The smallest absolute Gasteiger partial charge is 0.230 e. The maximum atomic E-state index is 14.2. The van der Waals surface area contributed by atoms with Gasteiger partial charge in [-0.25, -0.2) is 13.5 Å². The van der Waals surface area contributed by atoms with E-state index in [1.165, 1.54) is 12.1 Å². The van der Waals surface area contributed by atoms with Crippen molar-refractivity contribution >= 4 is 23.0 Å². The molecule has 0 radical (unpaired) electrons. The molecule has 0 unspecified atom stereocenters. The van der Waals surface area contributed by atoms with Crippen LogP contribution in [0.25, 0.3) is 16.8 Å². The lowest BCUT2D eigenvalue weighted by molar-refractivity contribution is -0.115. The van der Waals surface area contributed by atoms with Gasteiger partial charge in [-0.2, -0.15) is 0 Å². The van der Waals surface area contributed by atoms with E-state index in [4.69, 9.17) is 0 Å². The normalized spacial score (nSPS) is 13.2. The number of carbonyl (C=O) groups is 1. The molecule has 0 saturated carbocycles. The molecular formula is C23H15F2N5O. The Balaban J connectivity index is 1.56. The van der Waals surface area contributed by atoms with Gasteiger partial charge in [-0.3, -0.25) is 9.79 Å². The first-order valence-corrected chi connectivity index (χ1v) is 9.51. The molecule has 1 aliphatic heterocycles. The number of benzene rings is 3. The van der Waals surface area contributed by atoms with Crippen molar-refractivity contribution < 1.29 is 13.6 Å². The SMILES string of the molecule is O=C1CC(c2cccc(-n3ccnn3)c2)=Nc2ccc(-c3cccc(F)c3F)cc2N1. The number of hydrogen-bond acceptors (Lipinski definition) is 4. The number of anilines is 1.